The average molecular weight is 332 g/mol. The minimum atomic E-state index is -0.218. The lowest BCUT2D eigenvalue weighted by Crippen LogP contribution is -2.43. The van der Waals surface area contributed by atoms with E-state index in [4.69, 9.17) is 0 Å². The molecule has 23 heavy (non-hydrogen) atoms. The molecule has 3 heterocycles. The maximum atomic E-state index is 12.4. The molecule has 0 bridgehead atoms. The first-order valence-electron chi connectivity index (χ1n) is 7.82. The highest BCUT2D eigenvalue weighted by molar-refractivity contribution is 7.09. The van der Waals surface area contributed by atoms with Crippen molar-refractivity contribution in [3.63, 3.8) is 0 Å². The minimum absolute atomic E-state index is 0.0358. The van der Waals surface area contributed by atoms with Gasteiger partial charge in [0.05, 0.1) is 17.8 Å². The number of hydrogen-bond donors (Lipinski definition) is 2. The molecule has 2 aromatic heterocycles. The van der Waals surface area contributed by atoms with Crippen LogP contribution in [0.15, 0.2) is 34.6 Å². The number of thiophene rings is 1. The standard InChI is InChI=1S/C16H20N4O2S/c21-15-9-13(10-18-19-15)20-7-1-3-12(11-20)16(22)17-6-5-14-4-2-8-23-14/h2,4,8-10,12H,1,3,5-7,11H2,(H,17,22)(H,19,21)/t12-/m0/s1. The summed E-state index contributed by atoms with van der Waals surface area (Å²) in [6.07, 6.45) is 4.34. The molecule has 2 N–H and O–H groups in total. The Morgan fingerprint density at radius 3 is 3.22 bits per heavy atom. The van der Waals surface area contributed by atoms with Crippen LogP contribution in [-0.2, 0) is 11.2 Å². The Bertz CT molecular complexity index is 698. The van der Waals surface area contributed by atoms with Gasteiger partial charge in [-0.25, -0.2) is 5.10 Å². The van der Waals surface area contributed by atoms with Gasteiger partial charge < -0.3 is 10.2 Å². The third-order valence-electron chi connectivity index (χ3n) is 4.06. The van der Waals surface area contributed by atoms with Crippen molar-refractivity contribution in [2.45, 2.75) is 19.3 Å². The van der Waals surface area contributed by atoms with Gasteiger partial charge in [0.25, 0.3) is 5.56 Å². The average Bonchev–Trinajstić information content (AvgIpc) is 3.08. The Morgan fingerprint density at radius 1 is 1.52 bits per heavy atom. The molecule has 122 valence electrons. The van der Waals surface area contributed by atoms with Crippen LogP contribution in [0.3, 0.4) is 0 Å². The highest BCUT2D eigenvalue weighted by Gasteiger charge is 2.26. The van der Waals surface area contributed by atoms with Crippen LogP contribution in [0.2, 0.25) is 0 Å². The SMILES string of the molecule is O=C(NCCc1cccs1)[C@H]1CCCN(c2cn[nH]c(=O)c2)C1. The smallest absolute Gasteiger partial charge is 0.266 e. The number of nitrogens with zero attached hydrogens (tertiary/aromatic N) is 2. The zero-order chi connectivity index (χ0) is 16.1. The molecule has 1 saturated heterocycles. The van der Waals surface area contributed by atoms with E-state index in [1.807, 2.05) is 11.4 Å². The van der Waals surface area contributed by atoms with E-state index in [0.29, 0.717) is 13.1 Å². The molecule has 1 aliphatic rings. The number of anilines is 1. The van der Waals surface area contributed by atoms with E-state index in [-0.39, 0.29) is 17.4 Å². The van der Waals surface area contributed by atoms with Crippen molar-refractivity contribution in [1.82, 2.24) is 15.5 Å². The molecule has 6 nitrogen and oxygen atoms in total. The summed E-state index contributed by atoms with van der Waals surface area (Å²) in [6.45, 7) is 2.16. The number of hydrogen-bond acceptors (Lipinski definition) is 5. The highest BCUT2D eigenvalue weighted by Crippen LogP contribution is 2.21. The van der Waals surface area contributed by atoms with Crippen molar-refractivity contribution in [2.24, 2.45) is 5.92 Å². The molecule has 1 fully saturated rings. The van der Waals surface area contributed by atoms with Gasteiger partial charge in [-0.1, -0.05) is 6.07 Å². The summed E-state index contributed by atoms with van der Waals surface area (Å²) in [5.74, 6) is 0.0652. The number of piperidine rings is 1. The van der Waals surface area contributed by atoms with Gasteiger partial charge in [0.15, 0.2) is 0 Å². The summed E-state index contributed by atoms with van der Waals surface area (Å²) in [7, 11) is 0. The van der Waals surface area contributed by atoms with E-state index in [2.05, 4.69) is 26.5 Å². The Balaban J connectivity index is 1.53. The summed E-state index contributed by atoms with van der Waals surface area (Å²) in [6, 6.07) is 5.64. The van der Waals surface area contributed by atoms with Crippen LogP contribution in [0.4, 0.5) is 5.69 Å². The molecule has 0 saturated carbocycles. The quantitative estimate of drug-likeness (QED) is 0.868. The van der Waals surface area contributed by atoms with Crippen molar-refractivity contribution < 1.29 is 4.79 Å². The van der Waals surface area contributed by atoms with Crippen molar-refractivity contribution >= 4 is 22.9 Å². The number of aromatic amines is 1. The molecule has 7 heteroatoms. The van der Waals surface area contributed by atoms with Crippen LogP contribution in [-0.4, -0.2) is 35.7 Å². The first-order chi connectivity index (χ1) is 11.2. The van der Waals surface area contributed by atoms with Gasteiger partial charge in [0.2, 0.25) is 5.91 Å². The van der Waals surface area contributed by atoms with E-state index in [1.54, 1.807) is 17.5 Å². The number of carbonyl (C=O) groups excluding carboxylic acids is 1. The van der Waals surface area contributed by atoms with Gasteiger partial charge in [0, 0.05) is 30.6 Å². The third kappa shape index (κ3) is 4.19. The summed E-state index contributed by atoms with van der Waals surface area (Å²) in [5, 5.41) is 11.3. The first-order valence-corrected chi connectivity index (χ1v) is 8.70. The number of H-pyrrole nitrogens is 1. The maximum absolute atomic E-state index is 12.4. The second-order valence-electron chi connectivity index (χ2n) is 5.71. The normalized spacial score (nSPS) is 17.9. The molecule has 0 radical (unpaired) electrons. The van der Waals surface area contributed by atoms with Crippen LogP contribution in [0.25, 0.3) is 0 Å². The van der Waals surface area contributed by atoms with Crippen LogP contribution < -0.4 is 15.8 Å². The molecular formula is C16H20N4O2S. The van der Waals surface area contributed by atoms with Gasteiger partial charge in [-0.05, 0) is 30.7 Å². The minimum Gasteiger partial charge on any atom is -0.369 e. The number of nitrogens with one attached hydrogen (secondary N) is 2. The lowest BCUT2D eigenvalue weighted by Gasteiger charge is -2.33. The van der Waals surface area contributed by atoms with Gasteiger partial charge in [0.1, 0.15) is 0 Å². The fourth-order valence-corrected chi connectivity index (χ4v) is 3.58. The predicted octanol–water partition coefficient (Wildman–Crippen LogP) is 1.41. The Morgan fingerprint density at radius 2 is 2.43 bits per heavy atom. The molecule has 2 aromatic rings. The van der Waals surface area contributed by atoms with Crippen LogP contribution in [0, 0.1) is 5.92 Å². The molecule has 1 amide bonds. The van der Waals surface area contributed by atoms with Crippen molar-refractivity contribution in [3.8, 4) is 0 Å². The molecule has 1 atom stereocenters. The lowest BCUT2D eigenvalue weighted by atomic mass is 9.97. The Kier molecular flexibility index (Phi) is 5.07. The molecule has 0 aliphatic carbocycles. The Hall–Kier alpha value is -2.15. The molecule has 1 aliphatic heterocycles. The molecular weight excluding hydrogens is 312 g/mol. The summed E-state index contributed by atoms with van der Waals surface area (Å²) in [4.78, 5) is 27.1. The third-order valence-corrected chi connectivity index (χ3v) is 4.99. The number of rotatable bonds is 5. The maximum Gasteiger partial charge on any atom is 0.266 e. The summed E-state index contributed by atoms with van der Waals surface area (Å²) >= 11 is 1.71. The topological polar surface area (TPSA) is 78.1 Å². The predicted molar refractivity (Wildman–Crippen MR) is 90.8 cm³/mol. The fourth-order valence-electron chi connectivity index (χ4n) is 2.87. The summed E-state index contributed by atoms with van der Waals surface area (Å²) in [5.41, 5.74) is 0.565. The second-order valence-corrected chi connectivity index (χ2v) is 6.74. The van der Waals surface area contributed by atoms with Crippen molar-refractivity contribution in [1.29, 1.82) is 0 Å². The van der Waals surface area contributed by atoms with Gasteiger partial charge in [-0.3, -0.25) is 9.59 Å². The van der Waals surface area contributed by atoms with E-state index >= 15 is 0 Å². The first kappa shape index (κ1) is 15.7. The second kappa shape index (κ2) is 7.41. The summed E-state index contributed by atoms with van der Waals surface area (Å²) < 4.78 is 0. The van der Waals surface area contributed by atoms with Crippen LogP contribution in [0.1, 0.15) is 17.7 Å². The Labute approximate surface area is 138 Å². The zero-order valence-electron chi connectivity index (χ0n) is 12.8. The van der Waals surface area contributed by atoms with E-state index in [0.717, 1.165) is 31.5 Å². The molecule has 0 spiro atoms. The monoisotopic (exact) mass is 332 g/mol. The van der Waals surface area contributed by atoms with Gasteiger partial charge >= 0.3 is 0 Å². The van der Waals surface area contributed by atoms with E-state index in [9.17, 15) is 9.59 Å². The largest absolute Gasteiger partial charge is 0.369 e. The van der Waals surface area contributed by atoms with Gasteiger partial charge in [-0.15, -0.1) is 11.3 Å². The van der Waals surface area contributed by atoms with Crippen LogP contribution in [0.5, 0.6) is 0 Å². The number of carbonyl (C=O) groups is 1. The molecule has 0 aromatic carbocycles. The van der Waals surface area contributed by atoms with Crippen LogP contribution >= 0.6 is 11.3 Å². The molecule has 3 rings (SSSR count). The molecule has 0 unspecified atom stereocenters. The fraction of sp³-hybridized carbons (Fsp3) is 0.438. The highest BCUT2D eigenvalue weighted by atomic mass is 32.1. The number of aromatic nitrogens is 2. The van der Waals surface area contributed by atoms with E-state index < -0.39 is 0 Å². The number of amides is 1. The van der Waals surface area contributed by atoms with Crippen molar-refractivity contribution in [3.05, 3.63) is 45.0 Å². The zero-order valence-corrected chi connectivity index (χ0v) is 13.6. The van der Waals surface area contributed by atoms with Gasteiger partial charge in [-0.2, -0.15) is 5.10 Å². The van der Waals surface area contributed by atoms with Crippen molar-refractivity contribution in [2.75, 3.05) is 24.5 Å². The van der Waals surface area contributed by atoms with E-state index in [1.165, 1.54) is 10.9 Å². The lowest BCUT2D eigenvalue weighted by molar-refractivity contribution is -0.125.